The second kappa shape index (κ2) is 7.25. The lowest BCUT2D eigenvalue weighted by Gasteiger charge is -2.05. The second-order valence-electron chi connectivity index (χ2n) is 6.24. The van der Waals surface area contributed by atoms with Crippen molar-refractivity contribution in [1.29, 1.82) is 0 Å². The van der Waals surface area contributed by atoms with Gasteiger partial charge in [0.1, 0.15) is 5.56 Å². The number of fused-ring (bicyclic) bond motifs is 1. The number of hydrogen-bond donors (Lipinski definition) is 3. The van der Waals surface area contributed by atoms with Crippen LogP contribution in [-0.4, -0.2) is 27.4 Å². The molecule has 2 aromatic carbocycles. The van der Waals surface area contributed by atoms with Gasteiger partial charge in [-0.15, -0.1) is 0 Å². The molecule has 0 spiro atoms. The number of nitrogens with zero attached hydrogens (tertiary/aromatic N) is 1. The van der Waals surface area contributed by atoms with Crippen molar-refractivity contribution in [2.24, 2.45) is 5.73 Å². The molecule has 2 heterocycles. The Balaban J connectivity index is 1.92. The van der Waals surface area contributed by atoms with Crippen molar-refractivity contribution in [2.45, 2.75) is 0 Å². The van der Waals surface area contributed by atoms with E-state index in [-0.39, 0.29) is 27.8 Å². The van der Waals surface area contributed by atoms with E-state index in [0.717, 1.165) is 4.57 Å². The Hall–Kier alpha value is -3.91. The smallest absolute Gasteiger partial charge is 0.326 e. The molecule has 0 radical (unpaired) electrons. The maximum Gasteiger partial charge on any atom is 0.326 e. The molecule has 0 unspecified atom stereocenters. The number of thiophene rings is 1. The van der Waals surface area contributed by atoms with Gasteiger partial charge in [0.2, 0.25) is 5.88 Å². The molecule has 2 amide bonds. The number of hydrogen-bond acceptors (Lipinski definition) is 5. The fourth-order valence-electron chi connectivity index (χ4n) is 3.21. The highest BCUT2D eigenvalue weighted by Gasteiger charge is 2.28. The van der Waals surface area contributed by atoms with Gasteiger partial charge < -0.3 is 16.2 Å². The summed E-state index contributed by atoms with van der Waals surface area (Å²) in [6.45, 7) is 0. The van der Waals surface area contributed by atoms with Crippen LogP contribution >= 0.6 is 11.3 Å². The third kappa shape index (κ3) is 3.15. The molecule has 4 N–H and O–H groups in total. The highest BCUT2D eigenvalue weighted by atomic mass is 32.1. The number of nitrogens with one attached hydrogen (secondary N) is 1. The first-order valence-corrected chi connectivity index (χ1v) is 9.53. The number of carbonyl (C=O) groups excluding carboxylic acids is 3. The zero-order valence-corrected chi connectivity index (χ0v) is 15.8. The zero-order valence-electron chi connectivity index (χ0n) is 15.0. The van der Waals surface area contributed by atoms with Gasteiger partial charge in [-0.1, -0.05) is 30.3 Å². The van der Waals surface area contributed by atoms with Crippen LogP contribution in [0.3, 0.4) is 0 Å². The van der Waals surface area contributed by atoms with E-state index < -0.39 is 17.8 Å². The first-order valence-electron chi connectivity index (χ1n) is 8.58. The van der Waals surface area contributed by atoms with Crippen LogP contribution in [-0.2, 0) is 0 Å². The van der Waals surface area contributed by atoms with E-state index in [0.29, 0.717) is 11.3 Å². The number of rotatable bonds is 4. The Bertz CT molecular complexity index is 1240. The lowest BCUT2D eigenvalue weighted by atomic mass is 10.0. The van der Waals surface area contributed by atoms with E-state index in [4.69, 9.17) is 5.73 Å². The molecular formula is C21H15N3O4S. The van der Waals surface area contributed by atoms with Gasteiger partial charge in [0.15, 0.2) is 5.78 Å². The number of ketones is 1. The van der Waals surface area contributed by atoms with Crippen molar-refractivity contribution in [3.63, 3.8) is 0 Å². The average molecular weight is 405 g/mol. The summed E-state index contributed by atoms with van der Waals surface area (Å²) in [6, 6.07) is 14.0. The molecule has 0 atom stereocenters. The number of aromatic nitrogens is 1. The normalized spacial score (nSPS) is 10.8. The number of primary amides is 1. The van der Waals surface area contributed by atoms with Gasteiger partial charge in [0.05, 0.1) is 5.52 Å². The van der Waals surface area contributed by atoms with Crippen molar-refractivity contribution in [1.82, 2.24) is 4.57 Å². The quantitative estimate of drug-likeness (QED) is 0.448. The van der Waals surface area contributed by atoms with Crippen molar-refractivity contribution in [3.8, 4) is 5.88 Å². The molecule has 0 aliphatic carbocycles. The average Bonchev–Trinajstić information content (AvgIpc) is 3.33. The van der Waals surface area contributed by atoms with Crippen molar-refractivity contribution in [3.05, 3.63) is 82.0 Å². The molecule has 29 heavy (non-hydrogen) atoms. The minimum Gasteiger partial charge on any atom is -0.494 e. The minimum absolute atomic E-state index is 0.0897. The SMILES string of the molecule is NC(=O)n1c(O)c(C(=O)Nc2ccccc2)c2cccc(C(=O)c3ccsc3)c21. The summed E-state index contributed by atoms with van der Waals surface area (Å²) < 4.78 is 0.787. The summed E-state index contributed by atoms with van der Waals surface area (Å²) >= 11 is 1.36. The van der Waals surface area contributed by atoms with Crippen LogP contribution < -0.4 is 11.1 Å². The predicted octanol–water partition coefficient (Wildman–Crippen LogP) is 3.82. The summed E-state index contributed by atoms with van der Waals surface area (Å²) in [5.74, 6) is -1.59. The number of nitrogens with two attached hydrogens (primary N) is 1. The third-order valence-corrected chi connectivity index (χ3v) is 5.15. The standard InChI is InChI=1S/C21H15N3O4S/c22-21(28)24-17-14(7-4-8-15(17)18(25)12-9-10-29-11-12)16(20(24)27)19(26)23-13-5-2-1-3-6-13/h1-11,27H,(H2,22,28)(H,23,26). The summed E-state index contributed by atoms with van der Waals surface area (Å²) in [4.78, 5) is 37.9. The number of aromatic hydroxyl groups is 1. The molecule has 0 saturated heterocycles. The van der Waals surface area contributed by atoms with Crippen LogP contribution in [0.1, 0.15) is 26.3 Å². The fraction of sp³-hybridized carbons (Fsp3) is 0. The van der Waals surface area contributed by atoms with E-state index in [1.54, 1.807) is 59.3 Å². The molecular weight excluding hydrogens is 390 g/mol. The Kier molecular flexibility index (Phi) is 4.61. The molecule has 8 heteroatoms. The topological polar surface area (TPSA) is 114 Å². The molecule has 0 aliphatic rings. The Morgan fingerprint density at radius 3 is 2.41 bits per heavy atom. The number of benzene rings is 2. The maximum absolute atomic E-state index is 12.9. The maximum atomic E-state index is 12.9. The highest BCUT2D eigenvalue weighted by molar-refractivity contribution is 7.08. The van der Waals surface area contributed by atoms with Crippen molar-refractivity contribution >= 4 is 45.6 Å². The monoisotopic (exact) mass is 405 g/mol. The van der Waals surface area contributed by atoms with Gasteiger partial charge in [0.25, 0.3) is 5.91 Å². The highest BCUT2D eigenvalue weighted by Crippen LogP contribution is 2.34. The number of amides is 2. The molecule has 0 aliphatic heterocycles. The predicted molar refractivity (Wildman–Crippen MR) is 111 cm³/mol. The zero-order chi connectivity index (χ0) is 20.5. The molecule has 0 fully saturated rings. The van der Waals surface area contributed by atoms with Crippen molar-refractivity contribution < 1.29 is 19.5 Å². The second-order valence-corrected chi connectivity index (χ2v) is 7.02. The third-order valence-electron chi connectivity index (χ3n) is 4.47. The molecule has 7 nitrogen and oxygen atoms in total. The largest absolute Gasteiger partial charge is 0.494 e. The fourth-order valence-corrected chi connectivity index (χ4v) is 3.85. The molecule has 2 aromatic heterocycles. The number of anilines is 1. The van der Waals surface area contributed by atoms with Crippen LogP contribution in [0.5, 0.6) is 5.88 Å². The Labute approximate surface area is 169 Å². The van der Waals surface area contributed by atoms with Gasteiger partial charge in [-0.05, 0) is 29.6 Å². The first-order chi connectivity index (χ1) is 14.0. The summed E-state index contributed by atoms with van der Waals surface area (Å²) in [5, 5.41) is 17.0. The minimum atomic E-state index is -1.00. The van der Waals surface area contributed by atoms with E-state index in [1.165, 1.54) is 17.4 Å². The summed E-state index contributed by atoms with van der Waals surface area (Å²) in [5.41, 5.74) is 6.53. The van der Waals surface area contributed by atoms with Crippen LogP contribution in [0, 0.1) is 0 Å². The first kappa shape index (κ1) is 18.5. The molecule has 144 valence electrons. The van der Waals surface area contributed by atoms with Crippen LogP contribution in [0.15, 0.2) is 65.4 Å². The summed E-state index contributed by atoms with van der Waals surface area (Å²) in [7, 11) is 0. The van der Waals surface area contributed by atoms with Gasteiger partial charge in [-0.2, -0.15) is 11.3 Å². The molecule has 4 aromatic rings. The van der Waals surface area contributed by atoms with Gasteiger partial charge in [-0.3, -0.25) is 9.59 Å². The van der Waals surface area contributed by atoms with E-state index >= 15 is 0 Å². The molecule has 4 rings (SSSR count). The van der Waals surface area contributed by atoms with Crippen LogP contribution in [0.2, 0.25) is 0 Å². The molecule has 0 saturated carbocycles. The van der Waals surface area contributed by atoms with Crippen LogP contribution in [0.25, 0.3) is 10.9 Å². The van der Waals surface area contributed by atoms with Gasteiger partial charge in [0, 0.05) is 27.6 Å². The van der Waals surface area contributed by atoms with Gasteiger partial charge in [-0.25, -0.2) is 9.36 Å². The number of carbonyl (C=O) groups is 3. The Morgan fingerprint density at radius 2 is 1.76 bits per heavy atom. The van der Waals surface area contributed by atoms with E-state index in [9.17, 15) is 19.5 Å². The Morgan fingerprint density at radius 1 is 1.00 bits per heavy atom. The van der Waals surface area contributed by atoms with Gasteiger partial charge >= 0.3 is 6.03 Å². The lowest BCUT2D eigenvalue weighted by molar-refractivity contribution is 0.102. The van der Waals surface area contributed by atoms with Crippen molar-refractivity contribution in [2.75, 3.05) is 5.32 Å². The summed E-state index contributed by atoms with van der Waals surface area (Å²) in [6.07, 6.45) is 0. The van der Waals surface area contributed by atoms with E-state index in [2.05, 4.69) is 5.32 Å². The lowest BCUT2D eigenvalue weighted by Crippen LogP contribution is -2.20. The molecule has 0 bridgehead atoms. The number of para-hydroxylation sites is 2. The van der Waals surface area contributed by atoms with E-state index in [1.807, 2.05) is 0 Å². The van der Waals surface area contributed by atoms with Crippen LogP contribution in [0.4, 0.5) is 10.5 Å².